The molecule has 4 aliphatic rings. The Labute approximate surface area is 332 Å². The van der Waals surface area contributed by atoms with Gasteiger partial charge in [-0.25, -0.2) is 14.4 Å². The molecule has 4 atom stereocenters. The highest BCUT2D eigenvalue weighted by Crippen LogP contribution is 2.48. The van der Waals surface area contributed by atoms with E-state index in [0.29, 0.717) is 0 Å². The molecule has 4 saturated carbocycles. The Morgan fingerprint density at radius 3 is 1.45 bits per heavy atom. The summed E-state index contributed by atoms with van der Waals surface area (Å²) in [5, 5.41) is 9.99. The number of hydrogen-bond acceptors (Lipinski definition) is 12. The van der Waals surface area contributed by atoms with Gasteiger partial charge in [0.2, 0.25) is 0 Å². The predicted octanol–water partition coefficient (Wildman–Crippen LogP) is 7.64. The topological polar surface area (TPSA) is 169 Å². The summed E-state index contributed by atoms with van der Waals surface area (Å²) < 4.78 is 26.6. The first-order valence-electron chi connectivity index (χ1n) is 19.6. The van der Waals surface area contributed by atoms with E-state index in [4.69, 9.17) is 30.5 Å². The molecule has 0 aliphatic heterocycles. The van der Waals surface area contributed by atoms with Crippen LogP contribution in [0.25, 0.3) is 0 Å². The van der Waals surface area contributed by atoms with Crippen molar-refractivity contribution in [3.05, 3.63) is 24.3 Å². The first-order chi connectivity index (χ1) is 25.4. The third-order valence-corrected chi connectivity index (χ3v) is 10.7. The van der Waals surface area contributed by atoms with E-state index in [2.05, 4.69) is 17.9 Å². The van der Waals surface area contributed by atoms with E-state index in [-0.39, 0.29) is 47.1 Å². The van der Waals surface area contributed by atoms with Gasteiger partial charge in [0.1, 0.15) is 17.8 Å². The Morgan fingerprint density at radius 2 is 1.04 bits per heavy atom. The molecule has 0 aromatic carbocycles. The molecule has 0 saturated heterocycles. The lowest BCUT2D eigenvalue weighted by molar-refractivity contribution is -0.183. The van der Waals surface area contributed by atoms with E-state index >= 15 is 0 Å². The third-order valence-electron chi connectivity index (χ3n) is 10.6. The van der Waals surface area contributed by atoms with Crippen LogP contribution in [0.3, 0.4) is 0 Å². The first kappa shape index (κ1) is 47.9. The van der Waals surface area contributed by atoms with Crippen LogP contribution in [0.2, 0.25) is 0 Å². The Bertz CT molecular complexity index is 1390. The summed E-state index contributed by atoms with van der Waals surface area (Å²) in [4.78, 5) is 68.7. The molecule has 12 nitrogen and oxygen atoms in total. The quantitative estimate of drug-likeness (QED) is 0.0940. The molecule has 0 spiro atoms. The molecule has 0 aromatic heterocycles. The van der Waals surface area contributed by atoms with Crippen molar-refractivity contribution in [3.63, 3.8) is 0 Å². The van der Waals surface area contributed by atoms with Gasteiger partial charge in [0.15, 0.2) is 13.2 Å². The van der Waals surface area contributed by atoms with Crippen molar-refractivity contribution >= 4 is 46.7 Å². The first-order valence-corrected chi connectivity index (χ1v) is 20.0. The van der Waals surface area contributed by atoms with Crippen molar-refractivity contribution in [2.24, 2.45) is 22.7 Å². The van der Waals surface area contributed by atoms with E-state index in [1.54, 1.807) is 0 Å². The zero-order chi connectivity index (χ0) is 41.8. The summed E-state index contributed by atoms with van der Waals surface area (Å²) >= 11 is 4.88. The van der Waals surface area contributed by atoms with Gasteiger partial charge in [0.25, 0.3) is 5.24 Å². The fourth-order valence-electron chi connectivity index (χ4n) is 7.61. The van der Waals surface area contributed by atoms with Crippen LogP contribution in [-0.4, -0.2) is 76.8 Å². The van der Waals surface area contributed by atoms with Gasteiger partial charge < -0.3 is 28.8 Å². The van der Waals surface area contributed by atoms with E-state index in [0.717, 1.165) is 89.9 Å². The fourth-order valence-corrected chi connectivity index (χ4v) is 7.66. The maximum absolute atomic E-state index is 12.4. The minimum Gasteiger partial charge on any atom is -0.462 e. The molecule has 0 amide bonds. The van der Waals surface area contributed by atoms with E-state index in [1.807, 2.05) is 41.5 Å². The second-order valence-electron chi connectivity index (χ2n) is 17.6. The van der Waals surface area contributed by atoms with Crippen molar-refractivity contribution in [2.75, 3.05) is 13.2 Å². The molecule has 4 unspecified atom stereocenters. The maximum atomic E-state index is 12.4. The van der Waals surface area contributed by atoms with E-state index in [9.17, 15) is 33.9 Å². The normalized spacial score (nSPS) is 23.8. The second-order valence-corrected chi connectivity index (χ2v) is 18.0. The smallest absolute Gasteiger partial charge is 0.344 e. The Hall–Kier alpha value is -3.25. The van der Waals surface area contributed by atoms with E-state index in [1.165, 1.54) is 13.8 Å². The third kappa shape index (κ3) is 15.0. The molecule has 55 heavy (non-hydrogen) atoms. The Morgan fingerprint density at radius 1 is 0.636 bits per heavy atom. The molecular weight excluding hydrogens is 732 g/mol. The molecule has 0 aromatic rings. The zero-order valence-corrected chi connectivity index (χ0v) is 35.1. The van der Waals surface area contributed by atoms with Crippen LogP contribution in [0.4, 0.5) is 0 Å². The van der Waals surface area contributed by atoms with Gasteiger partial charge >= 0.3 is 29.8 Å². The van der Waals surface area contributed by atoms with Gasteiger partial charge in [-0.15, -0.1) is 0 Å². The standard InChI is InChI=1S/C21H32O6.C15H26O3.C6H7ClO3/c1-14(2)18(23)25-13-17(22)27-21(11-6-7-12-21)15-9-8-10-16(15)26-19(24)20(3,4)5;1-14(2,3)13(16)18-12-8-6-7-11(12)15(17)9-4-5-10-15;1-4(2)6(9)10-3-5(7)8/h15-16H,1,6-13H2,2-5H3;11-12,17H,4-10H2,1-3H3;1,3H2,2H3. The van der Waals surface area contributed by atoms with Crippen LogP contribution < -0.4 is 0 Å². The summed E-state index contributed by atoms with van der Waals surface area (Å²) in [7, 11) is 0. The van der Waals surface area contributed by atoms with Gasteiger partial charge in [-0.05, 0) is 144 Å². The molecule has 1 N–H and O–H groups in total. The van der Waals surface area contributed by atoms with Crippen LogP contribution in [0.5, 0.6) is 0 Å². The number of aliphatic hydroxyl groups is 1. The second kappa shape index (κ2) is 20.8. The lowest BCUT2D eigenvalue weighted by Gasteiger charge is -2.38. The average Bonchev–Trinajstić information content (AvgIpc) is 3.91. The molecule has 4 aliphatic carbocycles. The van der Waals surface area contributed by atoms with Crippen molar-refractivity contribution in [1.82, 2.24) is 0 Å². The van der Waals surface area contributed by atoms with Gasteiger partial charge in [-0.3, -0.25) is 14.4 Å². The van der Waals surface area contributed by atoms with Crippen LogP contribution in [0, 0.1) is 22.7 Å². The molecule has 0 radical (unpaired) electrons. The van der Waals surface area contributed by atoms with Crippen LogP contribution in [0.1, 0.15) is 145 Å². The highest BCUT2D eigenvalue weighted by atomic mass is 35.5. The zero-order valence-electron chi connectivity index (χ0n) is 34.4. The van der Waals surface area contributed by atoms with Crippen molar-refractivity contribution in [1.29, 1.82) is 0 Å². The van der Waals surface area contributed by atoms with Crippen molar-refractivity contribution in [3.8, 4) is 0 Å². The highest BCUT2D eigenvalue weighted by Gasteiger charge is 2.52. The average molecular weight is 797 g/mol. The Balaban J connectivity index is 0.000000320. The lowest BCUT2D eigenvalue weighted by atomic mass is 9.82. The molecule has 13 heteroatoms. The monoisotopic (exact) mass is 796 g/mol. The summed E-state index contributed by atoms with van der Waals surface area (Å²) in [6, 6.07) is 0. The minimum atomic E-state index is -0.699. The summed E-state index contributed by atoms with van der Waals surface area (Å²) in [6.07, 6.45) is 12.7. The summed E-state index contributed by atoms with van der Waals surface area (Å²) in [5.41, 5.74) is -1.73. The molecule has 4 rings (SSSR count). The number of halogens is 1. The maximum Gasteiger partial charge on any atom is 0.344 e. The largest absolute Gasteiger partial charge is 0.462 e. The molecule has 4 fully saturated rings. The number of hydrogen-bond donors (Lipinski definition) is 1. The summed E-state index contributed by atoms with van der Waals surface area (Å²) in [6.45, 7) is 20.1. The van der Waals surface area contributed by atoms with Crippen molar-refractivity contribution < 1.29 is 57.6 Å². The number of carbonyl (C=O) groups is 6. The lowest BCUT2D eigenvalue weighted by Crippen LogP contribution is -2.46. The number of rotatable bonds is 11. The van der Waals surface area contributed by atoms with Crippen LogP contribution in [0.15, 0.2) is 24.3 Å². The number of esters is 5. The minimum absolute atomic E-state index is 0.00732. The highest BCUT2D eigenvalue weighted by molar-refractivity contribution is 6.64. The van der Waals surface area contributed by atoms with Crippen LogP contribution >= 0.6 is 11.6 Å². The molecule has 0 bridgehead atoms. The molecule has 312 valence electrons. The van der Waals surface area contributed by atoms with Crippen LogP contribution in [-0.2, 0) is 52.5 Å². The van der Waals surface area contributed by atoms with Gasteiger partial charge in [-0.2, -0.15) is 0 Å². The fraction of sp³-hybridized carbons (Fsp3) is 0.762. The Kier molecular flexibility index (Phi) is 18.1. The number of carbonyl (C=O) groups excluding carboxylic acids is 6. The van der Waals surface area contributed by atoms with Gasteiger partial charge in [0.05, 0.1) is 16.4 Å². The predicted molar refractivity (Wildman–Crippen MR) is 206 cm³/mol. The summed E-state index contributed by atoms with van der Waals surface area (Å²) in [5.74, 6) is -1.98. The number of ether oxygens (including phenoxy) is 5. The molecule has 0 heterocycles. The SMILES string of the molecule is C=C(C)C(=O)OCC(=O)Cl.C=C(C)C(=O)OCC(=O)OC1(C2CCCC2OC(=O)C(C)(C)C)CCCC1.CC(C)(C)C(=O)OC1CCCC1C1(O)CCCC1. The van der Waals surface area contributed by atoms with E-state index < -0.39 is 58.4 Å². The van der Waals surface area contributed by atoms with Gasteiger partial charge in [-0.1, -0.05) is 26.0 Å². The van der Waals surface area contributed by atoms with Crippen molar-refractivity contribution in [2.45, 2.75) is 169 Å². The molecular formula is C42H65ClO12. The van der Waals surface area contributed by atoms with Gasteiger partial charge in [0, 0.05) is 23.0 Å².